The molecule has 1 amide bonds. The van der Waals surface area contributed by atoms with Gasteiger partial charge in [0.2, 0.25) is 0 Å². The smallest absolute Gasteiger partial charge is 0.258 e. The lowest BCUT2D eigenvalue weighted by atomic mass is 9.96. The van der Waals surface area contributed by atoms with E-state index in [1.807, 2.05) is 36.5 Å². The van der Waals surface area contributed by atoms with Crippen LogP contribution in [-0.4, -0.2) is 30.6 Å². The van der Waals surface area contributed by atoms with Crippen molar-refractivity contribution in [2.75, 3.05) is 24.6 Å². The summed E-state index contributed by atoms with van der Waals surface area (Å²) in [7, 11) is 0. The fraction of sp³-hybridized carbons (Fsp3) is 0.440. The minimum Gasteiger partial charge on any atom is -0.484 e. The summed E-state index contributed by atoms with van der Waals surface area (Å²) in [5, 5.41) is 4.10. The second-order valence-electron chi connectivity index (χ2n) is 8.47. The third-order valence-electron chi connectivity index (χ3n) is 6.30. The minimum atomic E-state index is -0.136. The zero-order chi connectivity index (χ0) is 21.0. The average Bonchev–Trinajstić information content (AvgIpc) is 3.20. The molecule has 1 aliphatic heterocycles. The van der Waals surface area contributed by atoms with E-state index in [4.69, 9.17) is 9.15 Å². The van der Waals surface area contributed by atoms with Gasteiger partial charge < -0.3 is 19.4 Å². The first-order chi connectivity index (χ1) is 15.3. The number of amides is 1. The molecule has 3 heterocycles. The number of rotatable bonds is 6. The highest BCUT2D eigenvalue weighted by Crippen LogP contribution is 2.34. The second-order valence-corrected chi connectivity index (χ2v) is 8.47. The monoisotopic (exact) mass is 419 g/mol. The van der Waals surface area contributed by atoms with Crippen LogP contribution in [0.25, 0.3) is 11.0 Å². The Morgan fingerprint density at radius 1 is 1.10 bits per heavy atom. The summed E-state index contributed by atoms with van der Waals surface area (Å²) < 4.78 is 11.8. The molecule has 0 radical (unpaired) electrons. The van der Waals surface area contributed by atoms with Gasteiger partial charge in [-0.05, 0) is 62.8 Å². The van der Waals surface area contributed by atoms with Crippen LogP contribution >= 0.6 is 0 Å². The molecule has 0 bridgehead atoms. The van der Waals surface area contributed by atoms with Gasteiger partial charge in [0.1, 0.15) is 22.9 Å². The van der Waals surface area contributed by atoms with Crippen molar-refractivity contribution in [3.63, 3.8) is 0 Å². The Balaban J connectivity index is 1.19. The number of aryl methyl sites for hydroxylation is 2. The standard InChI is InChI=1S/C25H29N3O3/c29-24(27-16-18-7-6-12-26-25(18)28-13-4-1-5-14-28)17-30-19-10-11-23-21(15-19)20-8-2-3-9-22(20)31-23/h6-7,10-12,15H,1-5,8-9,13-14,16-17H2,(H,27,29). The summed E-state index contributed by atoms with van der Waals surface area (Å²) >= 11 is 0. The maximum absolute atomic E-state index is 12.4. The van der Waals surface area contributed by atoms with Crippen LogP contribution in [-0.2, 0) is 24.2 Å². The number of nitrogens with one attached hydrogen (secondary N) is 1. The Labute approximate surface area is 182 Å². The van der Waals surface area contributed by atoms with E-state index in [1.165, 1.54) is 37.7 Å². The molecule has 2 aromatic heterocycles. The molecule has 1 aromatic carbocycles. The van der Waals surface area contributed by atoms with Gasteiger partial charge in [0.05, 0.1) is 0 Å². The number of furan rings is 1. The van der Waals surface area contributed by atoms with Crippen LogP contribution in [0.4, 0.5) is 5.82 Å². The number of carbonyl (C=O) groups is 1. The number of piperidine rings is 1. The predicted molar refractivity (Wildman–Crippen MR) is 120 cm³/mol. The Bertz CT molecular complexity index is 1070. The first kappa shape index (κ1) is 19.9. The van der Waals surface area contributed by atoms with E-state index < -0.39 is 0 Å². The van der Waals surface area contributed by atoms with E-state index in [2.05, 4.69) is 15.2 Å². The molecule has 162 valence electrons. The molecule has 1 N–H and O–H groups in total. The molecule has 6 nitrogen and oxygen atoms in total. The van der Waals surface area contributed by atoms with Gasteiger partial charge in [-0.3, -0.25) is 4.79 Å². The number of pyridine rings is 1. The average molecular weight is 420 g/mol. The van der Waals surface area contributed by atoms with Crippen molar-refractivity contribution in [3.05, 3.63) is 53.4 Å². The quantitative estimate of drug-likeness (QED) is 0.642. The zero-order valence-corrected chi connectivity index (χ0v) is 17.9. The summed E-state index contributed by atoms with van der Waals surface area (Å²) in [5.74, 6) is 2.66. The van der Waals surface area contributed by atoms with Gasteiger partial charge in [-0.2, -0.15) is 0 Å². The summed E-state index contributed by atoms with van der Waals surface area (Å²) in [5.41, 5.74) is 3.26. The summed E-state index contributed by atoms with van der Waals surface area (Å²) in [6.07, 6.45) is 9.94. The van der Waals surface area contributed by atoms with E-state index in [0.29, 0.717) is 12.3 Å². The van der Waals surface area contributed by atoms with Gasteiger partial charge in [0.25, 0.3) is 5.91 Å². The van der Waals surface area contributed by atoms with Gasteiger partial charge in [0, 0.05) is 48.8 Å². The first-order valence-corrected chi connectivity index (χ1v) is 11.4. The maximum Gasteiger partial charge on any atom is 0.258 e. The Kier molecular flexibility index (Phi) is 5.78. The van der Waals surface area contributed by atoms with E-state index in [0.717, 1.165) is 54.0 Å². The molecule has 2 aliphatic rings. The normalized spacial score (nSPS) is 16.2. The number of anilines is 1. The number of hydrogen-bond donors (Lipinski definition) is 1. The number of benzene rings is 1. The topological polar surface area (TPSA) is 67.6 Å². The number of hydrogen-bond acceptors (Lipinski definition) is 5. The van der Waals surface area contributed by atoms with Gasteiger partial charge in [-0.25, -0.2) is 4.98 Å². The lowest BCUT2D eigenvalue weighted by molar-refractivity contribution is -0.123. The van der Waals surface area contributed by atoms with Crippen LogP contribution in [0.15, 0.2) is 40.9 Å². The SMILES string of the molecule is O=C(COc1ccc2oc3c(c2c1)CCCC3)NCc1cccnc1N1CCCCC1. The van der Waals surface area contributed by atoms with Gasteiger partial charge in [0.15, 0.2) is 6.61 Å². The Morgan fingerprint density at radius 3 is 2.87 bits per heavy atom. The van der Waals surface area contributed by atoms with Gasteiger partial charge in [-0.15, -0.1) is 0 Å². The molecule has 3 aromatic rings. The number of nitrogens with zero attached hydrogens (tertiary/aromatic N) is 2. The number of aromatic nitrogens is 1. The van der Waals surface area contributed by atoms with Crippen molar-refractivity contribution in [2.45, 2.75) is 51.5 Å². The van der Waals surface area contributed by atoms with Crippen LogP contribution in [0.1, 0.15) is 49.0 Å². The molecular formula is C25H29N3O3. The van der Waals surface area contributed by atoms with Crippen LogP contribution in [0, 0.1) is 0 Å². The van der Waals surface area contributed by atoms with E-state index in [-0.39, 0.29) is 12.5 Å². The molecule has 5 rings (SSSR count). The van der Waals surface area contributed by atoms with E-state index >= 15 is 0 Å². The van der Waals surface area contributed by atoms with Crippen molar-refractivity contribution >= 4 is 22.7 Å². The molecule has 1 fully saturated rings. The molecule has 0 atom stereocenters. The van der Waals surface area contributed by atoms with Crippen molar-refractivity contribution < 1.29 is 13.9 Å². The highest BCUT2D eigenvalue weighted by atomic mass is 16.5. The van der Waals surface area contributed by atoms with Crippen LogP contribution in [0.2, 0.25) is 0 Å². The first-order valence-electron chi connectivity index (χ1n) is 11.4. The molecule has 0 saturated carbocycles. The van der Waals surface area contributed by atoms with Gasteiger partial charge in [-0.1, -0.05) is 6.07 Å². The maximum atomic E-state index is 12.4. The van der Waals surface area contributed by atoms with E-state index in [9.17, 15) is 4.79 Å². The van der Waals surface area contributed by atoms with Gasteiger partial charge >= 0.3 is 0 Å². The zero-order valence-electron chi connectivity index (χ0n) is 17.9. The number of fused-ring (bicyclic) bond motifs is 3. The number of carbonyl (C=O) groups excluding carboxylic acids is 1. The van der Waals surface area contributed by atoms with Crippen molar-refractivity contribution in [1.82, 2.24) is 10.3 Å². The number of ether oxygens (including phenoxy) is 1. The third-order valence-corrected chi connectivity index (χ3v) is 6.30. The molecule has 6 heteroatoms. The highest BCUT2D eigenvalue weighted by molar-refractivity contribution is 5.84. The van der Waals surface area contributed by atoms with Crippen molar-refractivity contribution in [3.8, 4) is 5.75 Å². The Hall–Kier alpha value is -3.02. The van der Waals surface area contributed by atoms with Crippen molar-refractivity contribution in [1.29, 1.82) is 0 Å². The second kappa shape index (κ2) is 9.00. The largest absolute Gasteiger partial charge is 0.484 e. The fourth-order valence-electron chi connectivity index (χ4n) is 4.68. The molecule has 31 heavy (non-hydrogen) atoms. The molecule has 0 spiro atoms. The van der Waals surface area contributed by atoms with Crippen LogP contribution < -0.4 is 15.0 Å². The minimum absolute atomic E-state index is 0.00907. The Morgan fingerprint density at radius 2 is 1.97 bits per heavy atom. The highest BCUT2D eigenvalue weighted by Gasteiger charge is 2.19. The molecular weight excluding hydrogens is 390 g/mol. The summed E-state index contributed by atoms with van der Waals surface area (Å²) in [4.78, 5) is 19.3. The molecule has 1 saturated heterocycles. The fourth-order valence-corrected chi connectivity index (χ4v) is 4.68. The molecule has 1 aliphatic carbocycles. The van der Waals surface area contributed by atoms with E-state index in [1.54, 1.807) is 0 Å². The van der Waals surface area contributed by atoms with Crippen molar-refractivity contribution in [2.24, 2.45) is 0 Å². The molecule has 0 unspecified atom stereocenters. The predicted octanol–water partition coefficient (Wildman–Crippen LogP) is 4.39. The lowest BCUT2D eigenvalue weighted by Gasteiger charge is -2.29. The van der Waals surface area contributed by atoms with Crippen LogP contribution in [0.5, 0.6) is 5.75 Å². The third kappa shape index (κ3) is 4.38. The summed E-state index contributed by atoms with van der Waals surface area (Å²) in [6, 6.07) is 9.79. The lowest BCUT2D eigenvalue weighted by Crippen LogP contribution is -2.33. The summed E-state index contributed by atoms with van der Waals surface area (Å²) in [6.45, 7) is 2.50. The van der Waals surface area contributed by atoms with Crippen LogP contribution in [0.3, 0.4) is 0 Å².